The van der Waals surface area contributed by atoms with Crippen molar-refractivity contribution in [1.82, 2.24) is 5.32 Å². The minimum absolute atomic E-state index is 0.103. The molecule has 0 radical (unpaired) electrons. The molecule has 2 amide bonds. The predicted octanol–water partition coefficient (Wildman–Crippen LogP) is 2.93. The summed E-state index contributed by atoms with van der Waals surface area (Å²) in [4.78, 5) is 24.4. The van der Waals surface area contributed by atoms with Crippen LogP contribution < -0.4 is 15.4 Å². The van der Waals surface area contributed by atoms with E-state index in [1.165, 1.54) is 7.11 Å². The molecule has 0 unspecified atom stereocenters. The summed E-state index contributed by atoms with van der Waals surface area (Å²) in [5, 5.41) is 5.45. The van der Waals surface area contributed by atoms with Gasteiger partial charge in [0.1, 0.15) is 5.75 Å². The van der Waals surface area contributed by atoms with Crippen molar-refractivity contribution < 1.29 is 14.3 Å². The van der Waals surface area contributed by atoms with Crippen LogP contribution in [-0.4, -0.2) is 25.5 Å². The highest BCUT2D eigenvalue weighted by Gasteiger charge is 2.14. The van der Waals surface area contributed by atoms with Gasteiger partial charge in [0, 0.05) is 5.69 Å². The molecule has 0 heterocycles. The van der Waals surface area contributed by atoms with Crippen molar-refractivity contribution in [2.24, 2.45) is 0 Å². The minimum atomic E-state index is -0.338. The molecule has 126 valence electrons. The highest BCUT2D eigenvalue weighted by molar-refractivity contribution is 6.01. The Bertz CT molecular complexity index is 741. The molecule has 0 atom stereocenters. The van der Waals surface area contributed by atoms with E-state index in [0.29, 0.717) is 11.3 Å². The fraction of sp³-hybridized carbons (Fsp3) is 0.263. The number of para-hydroxylation sites is 1. The SMILES string of the molecule is CCc1ccccc1NC(=O)CNC(=O)c1cc(C)ccc1OC. The molecule has 0 aliphatic rings. The first-order chi connectivity index (χ1) is 11.5. The zero-order chi connectivity index (χ0) is 17.5. The molecule has 2 aromatic carbocycles. The second-order valence-electron chi connectivity index (χ2n) is 5.45. The van der Waals surface area contributed by atoms with E-state index < -0.39 is 0 Å². The van der Waals surface area contributed by atoms with Gasteiger partial charge in [0.15, 0.2) is 0 Å². The van der Waals surface area contributed by atoms with Crippen molar-refractivity contribution in [3.63, 3.8) is 0 Å². The number of aryl methyl sites for hydroxylation is 2. The summed E-state index contributed by atoms with van der Waals surface area (Å²) < 4.78 is 5.19. The van der Waals surface area contributed by atoms with Crippen LogP contribution in [0.4, 0.5) is 5.69 Å². The monoisotopic (exact) mass is 326 g/mol. The lowest BCUT2D eigenvalue weighted by atomic mass is 10.1. The second kappa shape index (κ2) is 8.15. The molecule has 5 heteroatoms. The van der Waals surface area contributed by atoms with E-state index in [2.05, 4.69) is 10.6 Å². The summed E-state index contributed by atoms with van der Waals surface area (Å²) >= 11 is 0. The number of methoxy groups -OCH3 is 1. The van der Waals surface area contributed by atoms with Crippen molar-refractivity contribution in [3.8, 4) is 5.75 Å². The molecule has 0 aliphatic carbocycles. The molecule has 2 aromatic rings. The lowest BCUT2D eigenvalue weighted by molar-refractivity contribution is -0.115. The largest absolute Gasteiger partial charge is 0.496 e. The summed E-state index contributed by atoms with van der Waals surface area (Å²) in [5.41, 5.74) is 3.19. The van der Waals surface area contributed by atoms with Gasteiger partial charge in [-0.15, -0.1) is 0 Å². The van der Waals surface area contributed by atoms with Gasteiger partial charge in [-0.1, -0.05) is 36.8 Å². The van der Waals surface area contributed by atoms with Gasteiger partial charge in [-0.25, -0.2) is 0 Å². The maximum Gasteiger partial charge on any atom is 0.255 e. The summed E-state index contributed by atoms with van der Waals surface area (Å²) in [5.74, 6) is -0.125. The predicted molar refractivity (Wildman–Crippen MR) is 94.5 cm³/mol. The topological polar surface area (TPSA) is 67.4 Å². The third-order valence-electron chi connectivity index (χ3n) is 3.68. The number of anilines is 1. The van der Waals surface area contributed by atoms with E-state index >= 15 is 0 Å². The number of hydrogen-bond acceptors (Lipinski definition) is 3. The molecule has 0 aliphatic heterocycles. The Labute approximate surface area is 142 Å². The maximum absolute atomic E-state index is 12.3. The number of hydrogen-bond donors (Lipinski definition) is 2. The van der Waals surface area contributed by atoms with Crippen LogP contribution in [0.5, 0.6) is 5.75 Å². The van der Waals surface area contributed by atoms with E-state index in [9.17, 15) is 9.59 Å². The van der Waals surface area contributed by atoms with Crippen molar-refractivity contribution in [1.29, 1.82) is 0 Å². The van der Waals surface area contributed by atoms with Gasteiger partial charge in [0.05, 0.1) is 19.2 Å². The highest BCUT2D eigenvalue weighted by Crippen LogP contribution is 2.19. The molecule has 0 aromatic heterocycles. The second-order valence-corrected chi connectivity index (χ2v) is 5.45. The molecule has 2 N–H and O–H groups in total. The molecule has 0 saturated carbocycles. The van der Waals surface area contributed by atoms with Gasteiger partial charge in [0.2, 0.25) is 5.91 Å². The Morgan fingerprint density at radius 2 is 1.88 bits per heavy atom. The minimum Gasteiger partial charge on any atom is -0.496 e. The Balaban J connectivity index is 1.99. The van der Waals surface area contributed by atoms with Crippen molar-refractivity contribution in [2.75, 3.05) is 19.0 Å². The molecule has 5 nitrogen and oxygen atoms in total. The van der Waals surface area contributed by atoms with E-state index in [1.807, 2.05) is 44.2 Å². The number of nitrogens with one attached hydrogen (secondary N) is 2. The van der Waals surface area contributed by atoms with E-state index in [-0.39, 0.29) is 18.4 Å². The summed E-state index contributed by atoms with van der Waals surface area (Å²) in [6, 6.07) is 12.9. The normalized spacial score (nSPS) is 10.1. The van der Waals surface area contributed by atoms with Crippen LogP contribution >= 0.6 is 0 Å². The van der Waals surface area contributed by atoms with Crippen molar-refractivity contribution >= 4 is 17.5 Å². The Morgan fingerprint density at radius 1 is 1.12 bits per heavy atom. The van der Waals surface area contributed by atoms with Crippen LogP contribution in [0.15, 0.2) is 42.5 Å². The summed E-state index contributed by atoms with van der Waals surface area (Å²) in [7, 11) is 1.51. The van der Waals surface area contributed by atoms with Gasteiger partial charge >= 0.3 is 0 Å². The first kappa shape index (κ1) is 17.5. The van der Waals surface area contributed by atoms with Crippen molar-refractivity contribution in [2.45, 2.75) is 20.3 Å². The smallest absolute Gasteiger partial charge is 0.255 e. The third kappa shape index (κ3) is 4.35. The first-order valence-corrected chi connectivity index (χ1v) is 7.85. The fourth-order valence-electron chi connectivity index (χ4n) is 2.40. The lowest BCUT2D eigenvalue weighted by Crippen LogP contribution is -2.33. The van der Waals surface area contributed by atoms with Crippen LogP contribution in [0, 0.1) is 6.92 Å². The first-order valence-electron chi connectivity index (χ1n) is 7.85. The standard InChI is InChI=1S/C19H22N2O3/c1-4-14-7-5-6-8-16(14)21-18(22)12-20-19(23)15-11-13(2)9-10-17(15)24-3/h5-11H,4,12H2,1-3H3,(H,20,23)(H,21,22). The molecule has 2 rings (SSSR count). The lowest BCUT2D eigenvalue weighted by Gasteiger charge is -2.12. The van der Waals surface area contributed by atoms with Crippen LogP contribution in [-0.2, 0) is 11.2 Å². The van der Waals surface area contributed by atoms with Crippen LogP contribution in [0.2, 0.25) is 0 Å². The summed E-state index contributed by atoms with van der Waals surface area (Å²) in [6.07, 6.45) is 0.823. The zero-order valence-electron chi connectivity index (χ0n) is 14.2. The van der Waals surface area contributed by atoms with Gasteiger partial charge in [0.25, 0.3) is 5.91 Å². The number of rotatable bonds is 6. The van der Waals surface area contributed by atoms with Crippen LogP contribution in [0.1, 0.15) is 28.4 Å². The number of amides is 2. The molecular weight excluding hydrogens is 304 g/mol. The highest BCUT2D eigenvalue weighted by atomic mass is 16.5. The van der Waals surface area contributed by atoms with Crippen LogP contribution in [0.25, 0.3) is 0 Å². The molecule has 0 fully saturated rings. The van der Waals surface area contributed by atoms with Crippen LogP contribution in [0.3, 0.4) is 0 Å². The van der Waals surface area contributed by atoms with Gasteiger partial charge in [-0.3, -0.25) is 9.59 Å². The molecule has 0 bridgehead atoms. The quantitative estimate of drug-likeness (QED) is 0.857. The number of carbonyl (C=O) groups is 2. The Kier molecular flexibility index (Phi) is 5.95. The average Bonchev–Trinajstić information content (AvgIpc) is 2.60. The average molecular weight is 326 g/mol. The fourth-order valence-corrected chi connectivity index (χ4v) is 2.40. The summed E-state index contributed by atoms with van der Waals surface area (Å²) in [6.45, 7) is 3.81. The Morgan fingerprint density at radius 3 is 2.58 bits per heavy atom. The van der Waals surface area contributed by atoms with Gasteiger partial charge in [-0.05, 0) is 37.1 Å². The third-order valence-corrected chi connectivity index (χ3v) is 3.68. The zero-order valence-corrected chi connectivity index (χ0v) is 14.2. The molecule has 0 saturated heterocycles. The number of carbonyl (C=O) groups excluding carboxylic acids is 2. The maximum atomic E-state index is 12.3. The van der Waals surface area contributed by atoms with Crippen molar-refractivity contribution in [3.05, 3.63) is 59.2 Å². The molecular formula is C19H22N2O3. The van der Waals surface area contributed by atoms with Gasteiger partial charge < -0.3 is 15.4 Å². The number of ether oxygens (including phenoxy) is 1. The Hall–Kier alpha value is -2.82. The number of benzene rings is 2. The molecule has 0 spiro atoms. The van der Waals surface area contributed by atoms with E-state index in [1.54, 1.807) is 12.1 Å². The van der Waals surface area contributed by atoms with E-state index in [4.69, 9.17) is 4.74 Å². The van der Waals surface area contributed by atoms with Gasteiger partial charge in [-0.2, -0.15) is 0 Å². The van der Waals surface area contributed by atoms with E-state index in [0.717, 1.165) is 23.2 Å². The molecule has 24 heavy (non-hydrogen) atoms.